The average molecular weight is 222 g/mol. The summed E-state index contributed by atoms with van der Waals surface area (Å²) in [5.41, 5.74) is 0. The predicted octanol–water partition coefficient (Wildman–Crippen LogP) is -0.493. The highest BCUT2D eigenvalue weighted by Crippen LogP contribution is 2.07. The molecule has 0 aromatic heterocycles. The molecule has 0 bridgehead atoms. The number of rotatable bonds is 3. The molecule has 1 N–H and O–H groups in total. The summed E-state index contributed by atoms with van der Waals surface area (Å²) in [6.45, 7) is 3.63. The summed E-state index contributed by atoms with van der Waals surface area (Å²) in [7, 11) is 0. The van der Waals surface area contributed by atoms with Gasteiger partial charge in [-0.05, 0) is 12.1 Å². The first-order valence-corrected chi connectivity index (χ1v) is 5.51. The lowest BCUT2D eigenvalue weighted by molar-refractivity contribution is -0.900. The zero-order valence-corrected chi connectivity index (χ0v) is 9.15. The Labute approximate surface area is 94.8 Å². The van der Waals surface area contributed by atoms with Crippen molar-refractivity contribution >= 4 is 5.97 Å². The molecule has 0 spiro atoms. The van der Waals surface area contributed by atoms with Crippen molar-refractivity contribution in [2.45, 2.75) is 0 Å². The number of hydrogen-bond donors (Lipinski definition) is 1. The summed E-state index contributed by atoms with van der Waals surface area (Å²) in [5, 5.41) is 0. The standard InChI is InChI=1S/C12H15NO3/c14-12(10-13-6-8-15-9-7-13)16-11-4-2-1-3-5-11/h1-5H,6-10H2/p+1. The van der Waals surface area contributed by atoms with Gasteiger partial charge in [-0.1, -0.05) is 18.2 Å². The number of benzene rings is 1. The van der Waals surface area contributed by atoms with Crippen LogP contribution in [0.3, 0.4) is 0 Å². The van der Waals surface area contributed by atoms with Crippen molar-refractivity contribution in [3.8, 4) is 5.75 Å². The molecule has 1 fully saturated rings. The molecule has 0 amide bonds. The average Bonchev–Trinajstić information content (AvgIpc) is 2.31. The zero-order chi connectivity index (χ0) is 11.2. The molecular formula is C12H16NO3+. The number of nitrogens with one attached hydrogen (secondary N) is 1. The molecule has 4 nitrogen and oxygen atoms in total. The molecule has 0 saturated carbocycles. The molecule has 1 aromatic carbocycles. The SMILES string of the molecule is O=C(C[NH+]1CCOCC1)Oc1ccccc1. The van der Waals surface area contributed by atoms with E-state index >= 15 is 0 Å². The molecule has 1 heterocycles. The summed E-state index contributed by atoms with van der Waals surface area (Å²) >= 11 is 0. The van der Waals surface area contributed by atoms with Crippen LogP contribution in [0.4, 0.5) is 0 Å². The van der Waals surface area contributed by atoms with Gasteiger partial charge in [-0.2, -0.15) is 0 Å². The molecule has 0 aliphatic carbocycles. The van der Waals surface area contributed by atoms with E-state index in [1.165, 1.54) is 4.90 Å². The highest BCUT2D eigenvalue weighted by Gasteiger charge is 2.18. The van der Waals surface area contributed by atoms with Crippen molar-refractivity contribution in [1.29, 1.82) is 0 Å². The Morgan fingerprint density at radius 2 is 1.94 bits per heavy atom. The van der Waals surface area contributed by atoms with Gasteiger partial charge >= 0.3 is 5.97 Å². The minimum atomic E-state index is -0.178. The van der Waals surface area contributed by atoms with Crippen LogP contribution in [0.1, 0.15) is 0 Å². The minimum absolute atomic E-state index is 0.178. The molecule has 86 valence electrons. The Hall–Kier alpha value is -1.39. The smallest absolute Gasteiger partial charge is 0.367 e. The third kappa shape index (κ3) is 3.32. The Bertz CT molecular complexity index is 333. The van der Waals surface area contributed by atoms with Gasteiger partial charge in [0.2, 0.25) is 0 Å². The number of carbonyl (C=O) groups excluding carboxylic acids is 1. The molecule has 1 aliphatic rings. The van der Waals surface area contributed by atoms with E-state index in [2.05, 4.69) is 0 Å². The maximum absolute atomic E-state index is 11.6. The van der Waals surface area contributed by atoms with Gasteiger partial charge in [0.05, 0.1) is 13.2 Å². The topological polar surface area (TPSA) is 40.0 Å². The Morgan fingerprint density at radius 3 is 2.62 bits per heavy atom. The first kappa shape index (κ1) is 11.1. The normalized spacial score (nSPS) is 17.0. The van der Waals surface area contributed by atoms with E-state index in [1.807, 2.05) is 18.2 Å². The van der Waals surface area contributed by atoms with Crippen LogP contribution < -0.4 is 9.64 Å². The molecule has 1 aromatic rings. The number of para-hydroxylation sites is 1. The summed E-state index contributed by atoms with van der Waals surface area (Å²) in [6, 6.07) is 9.16. The van der Waals surface area contributed by atoms with Gasteiger partial charge in [-0.25, -0.2) is 4.79 Å². The van der Waals surface area contributed by atoms with Crippen LogP contribution in [-0.4, -0.2) is 38.8 Å². The van der Waals surface area contributed by atoms with Crippen LogP contribution in [0.2, 0.25) is 0 Å². The molecule has 0 atom stereocenters. The molecule has 1 aliphatic heterocycles. The van der Waals surface area contributed by atoms with Crippen LogP contribution >= 0.6 is 0 Å². The van der Waals surface area contributed by atoms with Crippen LogP contribution in [0, 0.1) is 0 Å². The molecule has 0 unspecified atom stereocenters. The summed E-state index contributed by atoms with van der Waals surface area (Å²) in [4.78, 5) is 12.8. The highest BCUT2D eigenvalue weighted by atomic mass is 16.5. The van der Waals surface area contributed by atoms with Crippen molar-refractivity contribution in [2.24, 2.45) is 0 Å². The molecule has 2 rings (SSSR count). The van der Waals surface area contributed by atoms with E-state index < -0.39 is 0 Å². The van der Waals surface area contributed by atoms with E-state index in [1.54, 1.807) is 12.1 Å². The fourth-order valence-corrected chi connectivity index (χ4v) is 1.70. The second kappa shape index (κ2) is 5.63. The molecule has 16 heavy (non-hydrogen) atoms. The van der Waals surface area contributed by atoms with E-state index in [0.29, 0.717) is 12.3 Å². The molecular weight excluding hydrogens is 206 g/mol. The quantitative estimate of drug-likeness (QED) is 0.554. The number of esters is 1. The van der Waals surface area contributed by atoms with Crippen LogP contribution in [0.5, 0.6) is 5.75 Å². The van der Waals surface area contributed by atoms with E-state index in [4.69, 9.17) is 9.47 Å². The van der Waals surface area contributed by atoms with Crippen LogP contribution in [-0.2, 0) is 9.53 Å². The monoisotopic (exact) mass is 222 g/mol. The second-order valence-corrected chi connectivity index (χ2v) is 3.83. The first-order valence-electron chi connectivity index (χ1n) is 5.51. The van der Waals surface area contributed by atoms with E-state index in [-0.39, 0.29) is 5.97 Å². The van der Waals surface area contributed by atoms with Crippen molar-refractivity contribution in [1.82, 2.24) is 0 Å². The summed E-state index contributed by atoms with van der Waals surface area (Å²) in [5.74, 6) is 0.434. The first-order chi connectivity index (χ1) is 7.84. The Kier molecular flexibility index (Phi) is 3.91. The lowest BCUT2D eigenvalue weighted by atomic mass is 10.3. The van der Waals surface area contributed by atoms with Gasteiger partial charge in [0.15, 0.2) is 6.54 Å². The maximum atomic E-state index is 11.6. The van der Waals surface area contributed by atoms with Crippen LogP contribution in [0.15, 0.2) is 30.3 Å². The largest absolute Gasteiger partial charge is 0.422 e. The maximum Gasteiger partial charge on any atom is 0.367 e. The minimum Gasteiger partial charge on any atom is -0.422 e. The number of ether oxygens (including phenoxy) is 2. The number of morpholine rings is 1. The Morgan fingerprint density at radius 1 is 1.25 bits per heavy atom. The fraction of sp³-hybridized carbons (Fsp3) is 0.417. The van der Waals surface area contributed by atoms with E-state index in [9.17, 15) is 4.79 Å². The third-order valence-electron chi connectivity index (χ3n) is 2.57. The van der Waals surface area contributed by atoms with Crippen molar-refractivity contribution in [3.05, 3.63) is 30.3 Å². The van der Waals surface area contributed by atoms with Crippen molar-refractivity contribution in [2.75, 3.05) is 32.8 Å². The van der Waals surface area contributed by atoms with Crippen molar-refractivity contribution in [3.63, 3.8) is 0 Å². The van der Waals surface area contributed by atoms with Gasteiger partial charge in [-0.3, -0.25) is 0 Å². The Balaban J connectivity index is 1.80. The van der Waals surface area contributed by atoms with Gasteiger partial charge in [-0.15, -0.1) is 0 Å². The van der Waals surface area contributed by atoms with Crippen LogP contribution in [0.25, 0.3) is 0 Å². The number of carbonyl (C=O) groups is 1. The van der Waals surface area contributed by atoms with Crippen molar-refractivity contribution < 1.29 is 19.2 Å². The lowest BCUT2D eigenvalue weighted by Crippen LogP contribution is -3.15. The summed E-state index contributed by atoms with van der Waals surface area (Å²) in [6.07, 6.45) is 0. The second-order valence-electron chi connectivity index (χ2n) is 3.83. The fourth-order valence-electron chi connectivity index (χ4n) is 1.70. The van der Waals surface area contributed by atoms with Gasteiger partial charge in [0, 0.05) is 0 Å². The van der Waals surface area contributed by atoms with E-state index in [0.717, 1.165) is 26.3 Å². The van der Waals surface area contributed by atoms with Gasteiger partial charge < -0.3 is 14.4 Å². The van der Waals surface area contributed by atoms with Gasteiger partial charge in [0.1, 0.15) is 18.8 Å². The lowest BCUT2D eigenvalue weighted by Gasteiger charge is -2.22. The number of hydrogen-bond acceptors (Lipinski definition) is 3. The molecule has 1 saturated heterocycles. The summed E-state index contributed by atoms with van der Waals surface area (Å²) < 4.78 is 10.4. The molecule has 0 radical (unpaired) electrons. The third-order valence-corrected chi connectivity index (χ3v) is 2.57. The molecule has 4 heteroatoms. The predicted molar refractivity (Wildman–Crippen MR) is 58.5 cm³/mol. The van der Waals surface area contributed by atoms with Gasteiger partial charge in [0.25, 0.3) is 0 Å². The highest BCUT2D eigenvalue weighted by molar-refractivity contribution is 5.73. The number of quaternary nitrogens is 1. The zero-order valence-electron chi connectivity index (χ0n) is 9.15.